The van der Waals surface area contributed by atoms with E-state index in [2.05, 4.69) is 60.7 Å². The Kier molecular flexibility index (Phi) is 4.94. The Morgan fingerprint density at radius 1 is 0.750 bits per heavy atom. The highest BCUT2D eigenvalue weighted by molar-refractivity contribution is 8.16. The molecule has 2 nitrogen and oxygen atoms in total. The summed E-state index contributed by atoms with van der Waals surface area (Å²) in [5.74, 6) is -0.444. The van der Waals surface area contributed by atoms with Crippen LogP contribution in [0.1, 0.15) is 19.4 Å². The fraction of sp³-hybridized carbons (Fsp3) is 0.200. The average molecular weight is 387 g/mol. The summed E-state index contributed by atoms with van der Waals surface area (Å²) in [6.07, 6.45) is 0.583. The largest absolute Gasteiger partial charge is 0.297 e. The lowest BCUT2D eigenvalue weighted by molar-refractivity contribution is -0.127. The SMILES string of the molecule is CC1C(=O)SC(C)(Cc2ccc(-c3ccc(-c4ccccc4)cc3)cc2)C1=O. The number of hydrogen-bond donors (Lipinski definition) is 0. The second kappa shape index (κ2) is 7.40. The molecule has 140 valence electrons. The number of Topliss-reactive ketones (excluding diaryl/α,β-unsaturated/α-hetero) is 1. The molecule has 1 heterocycles. The van der Waals surface area contributed by atoms with Crippen LogP contribution in [0.4, 0.5) is 0 Å². The van der Waals surface area contributed by atoms with E-state index in [4.69, 9.17) is 0 Å². The van der Waals surface area contributed by atoms with Crippen LogP contribution in [0.15, 0.2) is 78.9 Å². The average Bonchev–Trinajstić information content (AvgIpc) is 2.92. The van der Waals surface area contributed by atoms with Gasteiger partial charge in [-0.3, -0.25) is 9.59 Å². The van der Waals surface area contributed by atoms with Gasteiger partial charge in [-0.05, 0) is 48.1 Å². The van der Waals surface area contributed by atoms with Gasteiger partial charge >= 0.3 is 0 Å². The maximum Gasteiger partial charge on any atom is 0.200 e. The van der Waals surface area contributed by atoms with Crippen LogP contribution in [0.5, 0.6) is 0 Å². The summed E-state index contributed by atoms with van der Waals surface area (Å²) < 4.78 is -0.644. The molecule has 1 aliphatic heterocycles. The Bertz CT molecular complexity index is 1010. The van der Waals surface area contributed by atoms with Crippen LogP contribution in [0.25, 0.3) is 22.3 Å². The highest BCUT2D eigenvalue weighted by Crippen LogP contribution is 2.41. The van der Waals surface area contributed by atoms with Crippen molar-refractivity contribution in [3.8, 4) is 22.3 Å². The first-order chi connectivity index (χ1) is 13.5. The minimum Gasteiger partial charge on any atom is -0.297 e. The molecule has 0 radical (unpaired) electrons. The molecule has 3 aromatic rings. The molecule has 1 saturated heterocycles. The summed E-state index contributed by atoms with van der Waals surface area (Å²) in [4.78, 5) is 24.3. The zero-order chi connectivity index (χ0) is 19.7. The van der Waals surface area contributed by atoms with Crippen LogP contribution in [0.2, 0.25) is 0 Å². The first-order valence-corrected chi connectivity index (χ1v) is 10.3. The molecule has 0 amide bonds. The third-order valence-electron chi connectivity index (χ3n) is 5.41. The van der Waals surface area contributed by atoms with Gasteiger partial charge in [-0.15, -0.1) is 0 Å². The molecule has 1 fully saturated rings. The highest BCUT2D eigenvalue weighted by Gasteiger charge is 2.48. The van der Waals surface area contributed by atoms with Gasteiger partial charge in [0.2, 0.25) is 0 Å². The van der Waals surface area contributed by atoms with Crippen LogP contribution >= 0.6 is 11.8 Å². The van der Waals surface area contributed by atoms with E-state index in [-0.39, 0.29) is 10.9 Å². The van der Waals surface area contributed by atoms with Crippen LogP contribution < -0.4 is 0 Å². The standard InChI is InChI=1S/C25H22O2S/c1-17-23(26)25(2,28-24(17)27)16-18-8-10-20(11-9-18)22-14-12-21(13-15-22)19-6-4-3-5-7-19/h3-15,17H,16H2,1-2H3. The third-order valence-corrected chi connectivity index (χ3v) is 6.77. The zero-order valence-electron chi connectivity index (χ0n) is 16.0. The Morgan fingerprint density at radius 3 is 1.68 bits per heavy atom. The van der Waals surface area contributed by atoms with Crippen molar-refractivity contribution in [2.75, 3.05) is 0 Å². The van der Waals surface area contributed by atoms with Gasteiger partial charge in [0.25, 0.3) is 0 Å². The highest BCUT2D eigenvalue weighted by atomic mass is 32.2. The van der Waals surface area contributed by atoms with Crippen LogP contribution in [-0.4, -0.2) is 15.6 Å². The van der Waals surface area contributed by atoms with E-state index in [0.717, 1.165) is 16.7 Å². The molecule has 0 aliphatic carbocycles. The summed E-state index contributed by atoms with van der Waals surface area (Å²) in [5, 5.41) is -0.0115. The quantitative estimate of drug-likeness (QED) is 0.531. The molecule has 1 aliphatic rings. The van der Waals surface area contributed by atoms with Gasteiger partial charge in [0.1, 0.15) is 0 Å². The van der Waals surface area contributed by atoms with E-state index < -0.39 is 10.7 Å². The molecule has 4 rings (SSSR count). The molecule has 0 saturated carbocycles. The van der Waals surface area contributed by atoms with Crippen LogP contribution in [-0.2, 0) is 16.0 Å². The lowest BCUT2D eigenvalue weighted by Crippen LogP contribution is -2.32. The van der Waals surface area contributed by atoms with Gasteiger partial charge < -0.3 is 0 Å². The topological polar surface area (TPSA) is 34.1 Å². The fourth-order valence-corrected chi connectivity index (χ4v) is 4.98. The van der Waals surface area contributed by atoms with Gasteiger partial charge in [0, 0.05) is 0 Å². The van der Waals surface area contributed by atoms with Crippen molar-refractivity contribution in [2.24, 2.45) is 5.92 Å². The molecule has 0 bridgehead atoms. The maximum absolute atomic E-state index is 12.4. The summed E-state index contributed by atoms with van der Waals surface area (Å²) in [6.45, 7) is 3.60. The summed E-state index contributed by atoms with van der Waals surface area (Å²) in [6, 6.07) is 27.2. The number of hydrogen-bond acceptors (Lipinski definition) is 3. The summed E-state index contributed by atoms with van der Waals surface area (Å²) in [7, 11) is 0. The van der Waals surface area contributed by atoms with Gasteiger partial charge in [-0.2, -0.15) is 0 Å². The van der Waals surface area contributed by atoms with Crippen LogP contribution in [0.3, 0.4) is 0 Å². The number of ketones is 1. The second-order valence-corrected chi connectivity index (χ2v) is 9.06. The van der Waals surface area contributed by atoms with Crippen molar-refractivity contribution in [2.45, 2.75) is 25.0 Å². The molecular weight excluding hydrogens is 364 g/mol. The van der Waals surface area contributed by atoms with Crippen LogP contribution in [0, 0.1) is 5.92 Å². The summed E-state index contributed by atoms with van der Waals surface area (Å²) in [5.41, 5.74) is 5.79. The van der Waals surface area contributed by atoms with E-state index in [1.165, 1.54) is 22.9 Å². The van der Waals surface area contributed by atoms with Crippen molar-refractivity contribution in [1.82, 2.24) is 0 Å². The Balaban J connectivity index is 1.51. The van der Waals surface area contributed by atoms with Crippen molar-refractivity contribution >= 4 is 22.7 Å². The molecule has 28 heavy (non-hydrogen) atoms. The molecule has 0 N–H and O–H groups in total. The van der Waals surface area contributed by atoms with E-state index in [1.807, 2.05) is 25.1 Å². The number of rotatable bonds is 4. The molecule has 0 spiro atoms. The molecule has 3 heteroatoms. The van der Waals surface area contributed by atoms with Gasteiger partial charge in [0.05, 0.1) is 10.7 Å². The van der Waals surface area contributed by atoms with Crippen molar-refractivity contribution in [1.29, 1.82) is 0 Å². The van der Waals surface area contributed by atoms with Crippen molar-refractivity contribution < 1.29 is 9.59 Å². The van der Waals surface area contributed by atoms with Crippen molar-refractivity contribution in [3.63, 3.8) is 0 Å². The minimum absolute atomic E-state index is 0.0115. The van der Waals surface area contributed by atoms with Crippen molar-refractivity contribution in [3.05, 3.63) is 84.4 Å². The predicted molar refractivity (Wildman–Crippen MR) is 116 cm³/mol. The first kappa shape index (κ1) is 18.7. The lowest BCUT2D eigenvalue weighted by Gasteiger charge is -2.20. The number of carbonyl (C=O) groups is 2. The van der Waals surface area contributed by atoms with E-state index >= 15 is 0 Å². The molecule has 2 unspecified atom stereocenters. The number of benzene rings is 3. The van der Waals surface area contributed by atoms with Gasteiger partial charge in [0.15, 0.2) is 10.9 Å². The Morgan fingerprint density at radius 2 is 1.21 bits per heavy atom. The normalized spacial score (nSPS) is 21.9. The second-order valence-electron chi connectivity index (χ2n) is 7.55. The maximum atomic E-state index is 12.4. The Labute approximate surface area is 170 Å². The fourth-order valence-electron chi connectivity index (χ4n) is 3.74. The van der Waals surface area contributed by atoms with Gasteiger partial charge in [-0.25, -0.2) is 0 Å². The number of thioether (sulfide) groups is 1. The summed E-state index contributed by atoms with van der Waals surface area (Å²) >= 11 is 1.19. The third kappa shape index (κ3) is 3.55. The number of carbonyl (C=O) groups excluding carboxylic acids is 2. The van der Waals surface area contributed by atoms with Gasteiger partial charge in [-0.1, -0.05) is 90.6 Å². The molecular formula is C25H22O2S. The molecule has 3 aromatic carbocycles. The minimum atomic E-state index is -0.644. The van der Waals surface area contributed by atoms with E-state index in [9.17, 15) is 9.59 Å². The van der Waals surface area contributed by atoms with E-state index in [0.29, 0.717) is 6.42 Å². The Hall–Kier alpha value is -2.65. The molecule has 2 atom stereocenters. The monoisotopic (exact) mass is 386 g/mol. The zero-order valence-corrected chi connectivity index (χ0v) is 16.8. The first-order valence-electron chi connectivity index (χ1n) is 9.48. The smallest absolute Gasteiger partial charge is 0.200 e. The molecule has 0 aromatic heterocycles. The predicted octanol–water partition coefficient (Wildman–Crippen LogP) is 5.80. The lowest BCUT2D eigenvalue weighted by atomic mass is 9.90. The van der Waals surface area contributed by atoms with E-state index in [1.54, 1.807) is 6.92 Å².